The topological polar surface area (TPSA) is 91.2 Å². The second-order valence-electron chi connectivity index (χ2n) is 6.89. The van der Waals surface area contributed by atoms with Crippen molar-refractivity contribution in [2.24, 2.45) is 0 Å². The molecule has 1 amide bonds. The van der Waals surface area contributed by atoms with Crippen molar-refractivity contribution < 1.29 is 14.3 Å². The molecule has 1 N–H and O–H groups in total. The van der Waals surface area contributed by atoms with E-state index in [1.807, 2.05) is 49.4 Å². The molecule has 0 saturated carbocycles. The Morgan fingerprint density at radius 2 is 1.90 bits per heavy atom. The number of benzene rings is 2. The fraction of sp³-hybridized carbons (Fsp3) is 0.333. The number of nitrogens with one attached hydrogen (secondary N) is 1. The molecule has 0 spiro atoms. The minimum atomic E-state index is -0.197. The van der Waals surface area contributed by atoms with Crippen LogP contribution in [0.25, 0.3) is 11.4 Å². The van der Waals surface area contributed by atoms with Crippen molar-refractivity contribution in [2.75, 3.05) is 13.2 Å². The Kier molecular flexibility index (Phi) is 5.41. The number of rotatable bonds is 6. The predicted octanol–water partition coefficient (Wildman–Crippen LogP) is 2.55. The summed E-state index contributed by atoms with van der Waals surface area (Å²) in [6, 6.07) is 13.5. The summed E-state index contributed by atoms with van der Waals surface area (Å²) in [7, 11) is 0. The molecule has 0 radical (unpaired) electrons. The van der Waals surface area contributed by atoms with Gasteiger partial charge < -0.3 is 14.8 Å². The fourth-order valence-corrected chi connectivity index (χ4v) is 3.14. The van der Waals surface area contributed by atoms with Crippen molar-refractivity contribution in [1.82, 2.24) is 25.5 Å². The average Bonchev–Trinajstić information content (AvgIpc) is 3.21. The minimum absolute atomic E-state index is 0.00502. The monoisotopic (exact) mass is 393 g/mol. The molecule has 0 unspecified atom stereocenters. The molecule has 8 nitrogen and oxygen atoms in total. The molecule has 8 heteroatoms. The van der Waals surface area contributed by atoms with Gasteiger partial charge in [0.1, 0.15) is 19.8 Å². The zero-order valence-corrected chi connectivity index (χ0v) is 16.5. The van der Waals surface area contributed by atoms with Crippen LogP contribution in [0, 0.1) is 0 Å². The van der Waals surface area contributed by atoms with Crippen molar-refractivity contribution in [3.05, 3.63) is 53.6 Å². The van der Waals surface area contributed by atoms with Gasteiger partial charge in [0.2, 0.25) is 11.7 Å². The van der Waals surface area contributed by atoms with Gasteiger partial charge in [-0.2, -0.15) is 4.80 Å². The van der Waals surface area contributed by atoms with E-state index in [0.717, 1.165) is 23.3 Å². The molecule has 0 aliphatic carbocycles. The standard InChI is InChI=1S/C21H23N5O3/c1-3-15-4-6-16(7-5-15)21-23-25-26(24-21)13-20(27)22-14(2)17-8-9-18-19(12-17)29-11-10-28-18/h4-9,12,14H,3,10-11,13H2,1-2H3,(H,22,27)/t14-/m0/s1. The number of nitrogens with zero attached hydrogens (tertiary/aromatic N) is 4. The first-order valence-electron chi connectivity index (χ1n) is 9.68. The van der Waals surface area contributed by atoms with Crippen LogP contribution >= 0.6 is 0 Å². The van der Waals surface area contributed by atoms with Gasteiger partial charge in [0.05, 0.1) is 6.04 Å². The number of aromatic nitrogens is 4. The number of ether oxygens (including phenoxy) is 2. The Bertz CT molecular complexity index is 1000. The molecule has 0 bridgehead atoms. The van der Waals surface area contributed by atoms with Gasteiger partial charge in [-0.3, -0.25) is 4.79 Å². The van der Waals surface area contributed by atoms with E-state index in [1.54, 1.807) is 0 Å². The number of carbonyl (C=O) groups is 1. The maximum absolute atomic E-state index is 12.4. The van der Waals surface area contributed by atoms with Gasteiger partial charge in [-0.15, -0.1) is 10.2 Å². The van der Waals surface area contributed by atoms with Crippen molar-refractivity contribution >= 4 is 5.91 Å². The Morgan fingerprint density at radius 1 is 1.14 bits per heavy atom. The van der Waals surface area contributed by atoms with Crippen LogP contribution in [0.2, 0.25) is 0 Å². The lowest BCUT2D eigenvalue weighted by molar-refractivity contribution is -0.122. The van der Waals surface area contributed by atoms with Crippen LogP contribution in [0.5, 0.6) is 11.5 Å². The number of hydrogen-bond donors (Lipinski definition) is 1. The molecule has 0 fully saturated rings. The lowest BCUT2D eigenvalue weighted by Crippen LogP contribution is -2.31. The highest BCUT2D eigenvalue weighted by Gasteiger charge is 2.17. The quantitative estimate of drug-likeness (QED) is 0.692. The van der Waals surface area contributed by atoms with Crippen LogP contribution < -0.4 is 14.8 Å². The first kappa shape index (κ1) is 18.9. The van der Waals surface area contributed by atoms with Crippen LogP contribution in [0.3, 0.4) is 0 Å². The van der Waals surface area contributed by atoms with Gasteiger partial charge in [0.15, 0.2) is 11.5 Å². The van der Waals surface area contributed by atoms with E-state index in [-0.39, 0.29) is 18.5 Å². The minimum Gasteiger partial charge on any atom is -0.486 e. The predicted molar refractivity (Wildman–Crippen MR) is 107 cm³/mol. The first-order chi connectivity index (χ1) is 14.1. The Morgan fingerprint density at radius 3 is 2.66 bits per heavy atom. The van der Waals surface area contributed by atoms with Gasteiger partial charge in [0, 0.05) is 5.56 Å². The molecule has 4 rings (SSSR count). The summed E-state index contributed by atoms with van der Waals surface area (Å²) in [5, 5.41) is 15.3. The van der Waals surface area contributed by atoms with E-state index >= 15 is 0 Å². The van der Waals surface area contributed by atoms with Gasteiger partial charge in [-0.25, -0.2) is 0 Å². The summed E-state index contributed by atoms with van der Waals surface area (Å²) in [4.78, 5) is 13.7. The molecule has 150 valence electrons. The van der Waals surface area contributed by atoms with E-state index in [9.17, 15) is 4.79 Å². The summed E-state index contributed by atoms with van der Waals surface area (Å²) in [5.41, 5.74) is 3.05. The molecule has 1 aliphatic rings. The van der Waals surface area contributed by atoms with Crippen LogP contribution in [-0.4, -0.2) is 39.3 Å². The number of amides is 1. The smallest absolute Gasteiger partial charge is 0.244 e. The lowest BCUT2D eigenvalue weighted by atomic mass is 10.1. The van der Waals surface area contributed by atoms with Crippen LogP contribution in [0.1, 0.15) is 31.0 Å². The van der Waals surface area contributed by atoms with Crippen molar-refractivity contribution in [2.45, 2.75) is 32.9 Å². The molecule has 3 aromatic rings. The molecule has 2 aromatic carbocycles. The summed E-state index contributed by atoms with van der Waals surface area (Å²) in [6.45, 7) is 5.09. The van der Waals surface area contributed by atoms with E-state index in [2.05, 4.69) is 27.7 Å². The molecule has 2 heterocycles. The maximum atomic E-state index is 12.4. The van der Waals surface area contributed by atoms with Gasteiger partial charge in [0.25, 0.3) is 0 Å². The molecule has 1 aliphatic heterocycles. The fourth-order valence-electron chi connectivity index (χ4n) is 3.14. The first-order valence-corrected chi connectivity index (χ1v) is 9.68. The average molecular weight is 393 g/mol. The zero-order chi connectivity index (χ0) is 20.2. The van der Waals surface area contributed by atoms with Crippen LogP contribution in [0.4, 0.5) is 0 Å². The number of aryl methyl sites for hydroxylation is 1. The van der Waals surface area contributed by atoms with Crippen molar-refractivity contribution in [3.8, 4) is 22.9 Å². The number of fused-ring (bicyclic) bond motifs is 1. The lowest BCUT2D eigenvalue weighted by Gasteiger charge is -2.21. The Hall–Kier alpha value is -3.42. The Labute approximate surface area is 168 Å². The molecule has 1 aromatic heterocycles. The summed E-state index contributed by atoms with van der Waals surface area (Å²) >= 11 is 0. The number of carbonyl (C=O) groups excluding carboxylic acids is 1. The Balaban J connectivity index is 1.37. The molecule has 1 atom stereocenters. The van der Waals surface area contributed by atoms with E-state index in [4.69, 9.17) is 9.47 Å². The molecular formula is C21H23N5O3. The third-order valence-electron chi connectivity index (χ3n) is 4.80. The third kappa shape index (κ3) is 4.37. The second-order valence-corrected chi connectivity index (χ2v) is 6.89. The number of tetrazole rings is 1. The van der Waals surface area contributed by atoms with Crippen molar-refractivity contribution in [3.63, 3.8) is 0 Å². The summed E-state index contributed by atoms with van der Waals surface area (Å²) in [5.74, 6) is 1.73. The SMILES string of the molecule is CCc1ccc(-c2nnn(CC(=O)N[C@@H](C)c3ccc4c(c3)OCCO4)n2)cc1. The highest BCUT2D eigenvalue weighted by Crippen LogP contribution is 2.32. The summed E-state index contributed by atoms with van der Waals surface area (Å²) in [6.07, 6.45) is 0.974. The van der Waals surface area contributed by atoms with E-state index in [0.29, 0.717) is 24.8 Å². The van der Waals surface area contributed by atoms with Crippen LogP contribution in [-0.2, 0) is 17.8 Å². The molecule has 0 saturated heterocycles. The van der Waals surface area contributed by atoms with Crippen LogP contribution in [0.15, 0.2) is 42.5 Å². The molecular weight excluding hydrogens is 370 g/mol. The van der Waals surface area contributed by atoms with Gasteiger partial charge in [-0.05, 0) is 41.8 Å². The van der Waals surface area contributed by atoms with E-state index < -0.39 is 0 Å². The largest absolute Gasteiger partial charge is 0.486 e. The highest BCUT2D eigenvalue weighted by atomic mass is 16.6. The van der Waals surface area contributed by atoms with E-state index in [1.165, 1.54) is 10.4 Å². The zero-order valence-electron chi connectivity index (χ0n) is 16.5. The normalized spacial score (nSPS) is 13.7. The van der Waals surface area contributed by atoms with Gasteiger partial charge >= 0.3 is 0 Å². The molecule has 29 heavy (non-hydrogen) atoms. The van der Waals surface area contributed by atoms with Crippen molar-refractivity contribution in [1.29, 1.82) is 0 Å². The number of hydrogen-bond acceptors (Lipinski definition) is 6. The highest BCUT2D eigenvalue weighted by molar-refractivity contribution is 5.76. The second kappa shape index (κ2) is 8.30. The van der Waals surface area contributed by atoms with Gasteiger partial charge in [-0.1, -0.05) is 37.3 Å². The maximum Gasteiger partial charge on any atom is 0.244 e. The third-order valence-corrected chi connectivity index (χ3v) is 4.80. The summed E-state index contributed by atoms with van der Waals surface area (Å²) < 4.78 is 11.1.